The second-order valence-corrected chi connectivity index (χ2v) is 6.34. The zero-order valence-electron chi connectivity index (χ0n) is 13.4. The number of hydrogen-bond acceptors (Lipinski definition) is 6. The fraction of sp³-hybridized carbons (Fsp3) is 0.467. The molecule has 122 valence electrons. The van der Waals surface area contributed by atoms with Crippen LogP contribution in [0.3, 0.4) is 0 Å². The predicted molar refractivity (Wildman–Crippen MR) is 82.3 cm³/mol. The quantitative estimate of drug-likeness (QED) is 0.923. The minimum Gasteiger partial charge on any atom is -0.454 e. The van der Waals surface area contributed by atoms with Crippen molar-refractivity contribution in [3.63, 3.8) is 0 Å². The van der Waals surface area contributed by atoms with E-state index in [4.69, 9.17) is 9.47 Å². The molecule has 8 heteroatoms. The van der Waals surface area contributed by atoms with E-state index in [1.807, 2.05) is 20.8 Å². The Morgan fingerprint density at radius 1 is 1.30 bits per heavy atom. The lowest BCUT2D eigenvalue weighted by Gasteiger charge is -2.16. The Kier molecular flexibility index (Phi) is 3.89. The summed E-state index contributed by atoms with van der Waals surface area (Å²) in [6.07, 6.45) is 0.280. The van der Waals surface area contributed by atoms with Gasteiger partial charge >= 0.3 is 0 Å². The van der Waals surface area contributed by atoms with Crippen LogP contribution in [0.1, 0.15) is 33.0 Å². The van der Waals surface area contributed by atoms with Crippen molar-refractivity contribution >= 4 is 11.6 Å². The SMILES string of the molecule is CC(C)(C)c1nnnn1CCC(=O)Nc1ccc2c(c1)OCO2. The third kappa shape index (κ3) is 3.41. The van der Waals surface area contributed by atoms with Gasteiger partial charge in [-0.25, -0.2) is 4.68 Å². The highest BCUT2D eigenvalue weighted by atomic mass is 16.7. The van der Waals surface area contributed by atoms with Crippen LogP contribution < -0.4 is 14.8 Å². The number of hydrogen-bond donors (Lipinski definition) is 1. The molecule has 1 aromatic carbocycles. The lowest BCUT2D eigenvalue weighted by atomic mass is 9.96. The number of aryl methyl sites for hydroxylation is 1. The first-order valence-electron chi connectivity index (χ1n) is 7.39. The number of carbonyl (C=O) groups is 1. The Labute approximate surface area is 133 Å². The molecule has 3 rings (SSSR count). The number of nitrogens with one attached hydrogen (secondary N) is 1. The van der Waals surface area contributed by atoms with Crippen molar-refractivity contribution < 1.29 is 14.3 Å². The van der Waals surface area contributed by atoms with Crippen LogP contribution in [0.2, 0.25) is 0 Å². The second-order valence-electron chi connectivity index (χ2n) is 6.34. The Morgan fingerprint density at radius 2 is 2.09 bits per heavy atom. The van der Waals surface area contributed by atoms with Crippen molar-refractivity contribution in [3.05, 3.63) is 24.0 Å². The van der Waals surface area contributed by atoms with Crippen molar-refractivity contribution in [3.8, 4) is 11.5 Å². The van der Waals surface area contributed by atoms with E-state index < -0.39 is 0 Å². The van der Waals surface area contributed by atoms with Gasteiger partial charge in [-0.3, -0.25) is 4.79 Å². The average Bonchev–Trinajstić information content (AvgIpc) is 3.12. The first kappa shape index (κ1) is 15.3. The molecule has 0 saturated heterocycles. The normalized spacial score (nSPS) is 13.2. The Morgan fingerprint density at radius 3 is 2.87 bits per heavy atom. The summed E-state index contributed by atoms with van der Waals surface area (Å²) in [6.45, 7) is 6.73. The number of nitrogens with zero attached hydrogens (tertiary/aromatic N) is 4. The Hall–Kier alpha value is -2.64. The van der Waals surface area contributed by atoms with Gasteiger partial charge in [-0.1, -0.05) is 20.8 Å². The smallest absolute Gasteiger partial charge is 0.231 e. The summed E-state index contributed by atoms with van der Waals surface area (Å²) in [5.74, 6) is 1.97. The summed E-state index contributed by atoms with van der Waals surface area (Å²) in [6, 6.07) is 5.30. The van der Waals surface area contributed by atoms with E-state index in [9.17, 15) is 4.79 Å². The molecule has 0 radical (unpaired) electrons. The molecule has 0 unspecified atom stereocenters. The standard InChI is InChI=1S/C15H19N5O3/c1-15(2,3)14-17-18-19-20(14)7-6-13(21)16-10-4-5-11-12(8-10)23-9-22-11/h4-5,8H,6-7,9H2,1-3H3,(H,16,21). The highest BCUT2D eigenvalue weighted by molar-refractivity contribution is 5.91. The molecule has 1 aromatic heterocycles. The minimum absolute atomic E-state index is 0.112. The molecule has 0 atom stereocenters. The molecule has 0 spiro atoms. The zero-order chi connectivity index (χ0) is 16.4. The molecule has 2 aromatic rings. The monoisotopic (exact) mass is 317 g/mol. The van der Waals surface area contributed by atoms with Crippen molar-refractivity contribution in [1.82, 2.24) is 20.2 Å². The highest BCUT2D eigenvalue weighted by Crippen LogP contribution is 2.34. The van der Waals surface area contributed by atoms with Crippen molar-refractivity contribution in [2.24, 2.45) is 0 Å². The summed E-state index contributed by atoms with van der Waals surface area (Å²) in [7, 11) is 0. The van der Waals surface area contributed by atoms with E-state index in [2.05, 4.69) is 20.8 Å². The number of aromatic nitrogens is 4. The van der Waals surface area contributed by atoms with Crippen LogP contribution in [-0.2, 0) is 16.8 Å². The fourth-order valence-corrected chi connectivity index (χ4v) is 2.30. The summed E-state index contributed by atoms with van der Waals surface area (Å²) in [5, 5.41) is 14.5. The molecule has 0 saturated carbocycles. The minimum atomic E-state index is -0.169. The maximum Gasteiger partial charge on any atom is 0.231 e. The lowest BCUT2D eigenvalue weighted by molar-refractivity contribution is -0.116. The summed E-state index contributed by atoms with van der Waals surface area (Å²) < 4.78 is 12.2. The van der Waals surface area contributed by atoms with Crippen LogP contribution >= 0.6 is 0 Å². The van der Waals surface area contributed by atoms with Crippen molar-refractivity contribution in [2.75, 3.05) is 12.1 Å². The van der Waals surface area contributed by atoms with E-state index in [1.165, 1.54) is 0 Å². The third-order valence-electron chi connectivity index (χ3n) is 3.41. The largest absolute Gasteiger partial charge is 0.454 e. The van der Waals surface area contributed by atoms with Crippen LogP contribution in [0, 0.1) is 0 Å². The Bertz CT molecular complexity index is 720. The maximum atomic E-state index is 12.1. The molecule has 23 heavy (non-hydrogen) atoms. The number of ether oxygens (including phenoxy) is 2. The van der Waals surface area contributed by atoms with Gasteiger partial charge in [0, 0.05) is 23.6 Å². The van der Waals surface area contributed by atoms with E-state index in [0.717, 1.165) is 5.82 Å². The summed E-state index contributed by atoms with van der Waals surface area (Å²) in [5.41, 5.74) is 0.504. The molecule has 0 aliphatic carbocycles. The van der Waals surface area contributed by atoms with E-state index >= 15 is 0 Å². The number of amides is 1. The van der Waals surface area contributed by atoms with Gasteiger partial charge in [-0.2, -0.15) is 0 Å². The molecular formula is C15H19N5O3. The van der Waals surface area contributed by atoms with Crippen LogP contribution in [0.15, 0.2) is 18.2 Å². The first-order chi connectivity index (χ1) is 10.9. The number of fused-ring (bicyclic) bond motifs is 1. The number of benzene rings is 1. The van der Waals surface area contributed by atoms with Gasteiger partial charge in [0.05, 0.1) is 6.54 Å². The molecule has 1 N–H and O–H groups in total. The molecular weight excluding hydrogens is 298 g/mol. The predicted octanol–water partition coefficient (Wildman–Crippen LogP) is 1.73. The van der Waals surface area contributed by atoms with Gasteiger partial charge in [0.15, 0.2) is 17.3 Å². The van der Waals surface area contributed by atoms with Gasteiger partial charge in [0.2, 0.25) is 12.7 Å². The lowest BCUT2D eigenvalue weighted by Crippen LogP contribution is -2.22. The van der Waals surface area contributed by atoms with Gasteiger partial charge in [-0.05, 0) is 22.6 Å². The van der Waals surface area contributed by atoms with Gasteiger partial charge in [0.1, 0.15) is 0 Å². The van der Waals surface area contributed by atoms with Crippen LogP contribution in [-0.4, -0.2) is 32.9 Å². The molecule has 1 amide bonds. The molecule has 1 aliphatic rings. The number of tetrazole rings is 1. The first-order valence-corrected chi connectivity index (χ1v) is 7.39. The van der Waals surface area contributed by atoms with Crippen LogP contribution in [0.5, 0.6) is 11.5 Å². The second kappa shape index (κ2) is 5.86. The Balaban J connectivity index is 1.59. The highest BCUT2D eigenvalue weighted by Gasteiger charge is 2.22. The van der Waals surface area contributed by atoms with E-state index in [1.54, 1.807) is 22.9 Å². The average molecular weight is 317 g/mol. The molecule has 2 heterocycles. The summed E-state index contributed by atoms with van der Waals surface area (Å²) >= 11 is 0. The topological polar surface area (TPSA) is 91.2 Å². The number of rotatable bonds is 4. The third-order valence-corrected chi connectivity index (χ3v) is 3.41. The van der Waals surface area contributed by atoms with Crippen LogP contribution in [0.4, 0.5) is 5.69 Å². The van der Waals surface area contributed by atoms with Gasteiger partial charge < -0.3 is 14.8 Å². The summed E-state index contributed by atoms with van der Waals surface area (Å²) in [4.78, 5) is 12.1. The van der Waals surface area contributed by atoms with Gasteiger partial charge in [0.25, 0.3) is 0 Å². The molecule has 0 bridgehead atoms. The number of anilines is 1. The molecule has 1 aliphatic heterocycles. The molecule has 8 nitrogen and oxygen atoms in total. The van der Waals surface area contributed by atoms with Crippen LogP contribution in [0.25, 0.3) is 0 Å². The van der Waals surface area contributed by atoms with Crippen molar-refractivity contribution in [2.45, 2.75) is 39.2 Å². The maximum absolute atomic E-state index is 12.1. The van der Waals surface area contributed by atoms with E-state index in [-0.39, 0.29) is 24.5 Å². The number of carbonyl (C=O) groups excluding carboxylic acids is 1. The van der Waals surface area contributed by atoms with Gasteiger partial charge in [-0.15, -0.1) is 5.10 Å². The fourth-order valence-electron chi connectivity index (χ4n) is 2.30. The van der Waals surface area contributed by atoms with Crippen molar-refractivity contribution in [1.29, 1.82) is 0 Å². The molecule has 0 fully saturated rings. The zero-order valence-corrected chi connectivity index (χ0v) is 13.4. The van der Waals surface area contributed by atoms with E-state index in [0.29, 0.717) is 23.7 Å².